The van der Waals surface area contributed by atoms with Crippen LogP contribution in [0.5, 0.6) is 0 Å². The Bertz CT molecular complexity index is 1290. The zero-order valence-corrected chi connectivity index (χ0v) is 20.7. The maximum Gasteiger partial charge on any atom is 0.250 e. The number of amides is 1. The zero-order chi connectivity index (χ0) is 23.2. The van der Waals surface area contributed by atoms with E-state index in [0.29, 0.717) is 21.7 Å². The summed E-state index contributed by atoms with van der Waals surface area (Å²) in [5, 5.41) is 14.2. The molecule has 0 bridgehead atoms. The summed E-state index contributed by atoms with van der Waals surface area (Å²) in [4.78, 5) is 12.5. The minimum Gasteiger partial charge on any atom is -0.272 e. The predicted octanol–water partition coefficient (Wildman–Crippen LogP) is 5.98. The number of hydrazone groups is 1. The van der Waals surface area contributed by atoms with E-state index < -0.39 is 0 Å². The van der Waals surface area contributed by atoms with Gasteiger partial charge in [0.1, 0.15) is 0 Å². The predicted molar refractivity (Wildman–Crippen MR) is 137 cm³/mol. The number of benzene rings is 3. The number of nitrogens with zero attached hydrogens (tertiary/aromatic N) is 4. The monoisotopic (exact) mass is 539 g/mol. The SMILES string of the molecule is C/C(=N/NC(=O)CSc1nnc(-c2ccccc2)n1-c1ccc(Cl)cc1)c1cccc(Br)c1. The number of nitrogens with one attached hydrogen (secondary N) is 1. The van der Waals surface area contributed by atoms with E-state index in [0.717, 1.165) is 21.3 Å². The molecule has 0 aliphatic heterocycles. The summed E-state index contributed by atoms with van der Waals surface area (Å²) in [6, 6.07) is 24.9. The molecule has 166 valence electrons. The molecule has 0 saturated heterocycles. The van der Waals surface area contributed by atoms with Gasteiger partial charge in [0.15, 0.2) is 11.0 Å². The van der Waals surface area contributed by atoms with Gasteiger partial charge in [-0.1, -0.05) is 81.8 Å². The molecule has 0 unspecified atom stereocenters. The second kappa shape index (κ2) is 10.8. The molecule has 0 aliphatic rings. The lowest BCUT2D eigenvalue weighted by Crippen LogP contribution is -2.21. The highest BCUT2D eigenvalue weighted by atomic mass is 79.9. The normalized spacial score (nSPS) is 11.4. The first-order valence-electron chi connectivity index (χ1n) is 10.00. The van der Waals surface area contributed by atoms with E-state index in [1.54, 1.807) is 0 Å². The minimum absolute atomic E-state index is 0.135. The molecule has 0 radical (unpaired) electrons. The summed E-state index contributed by atoms with van der Waals surface area (Å²) >= 11 is 10.8. The largest absolute Gasteiger partial charge is 0.272 e. The van der Waals surface area contributed by atoms with Crippen molar-refractivity contribution >= 4 is 50.9 Å². The van der Waals surface area contributed by atoms with Crippen LogP contribution in [0.3, 0.4) is 0 Å². The van der Waals surface area contributed by atoms with E-state index in [-0.39, 0.29) is 11.7 Å². The first-order valence-corrected chi connectivity index (χ1v) is 12.2. The fourth-order valence-electron chi connectivity index (χ4n) is 3.05. The summed E-state index contributed by atoms with van der Waals surface area (Å²) < 4.78 is 2.87. The smallest absolute Gasteiger partial charge is 0.250 e. The summed E-state index contributed by atoms with van der Waals surface area (Å²) in [5.74, 6) is 0.584. The van der Waals surface area contributed by atoms with Crippen molar-refractivity contribution in [3.8, 4) is 17.1 Å². The molecule has 9 heteroatoms. The van der Waals surface area contributed by atoms with Gasteiger partial charge in [-0.2, -0.15) is 5.10 Å². The van der Waals surface area contributed by atoms with Gasteiger partial charge in [0.2, 0.25) is 0 Å². The summed E-state index contributed by atoms with van der Waals surface area (Å²) in [7, 11) is 0. The van der Waals surface area contributed by atoms with Crippen molar-refractivity contribution in [1.29, 1.82) is 0 Å². The highest BCUT2D eigenvalue weighted by Crippen LogP contribution is 2.28. The number of hydrogen-bond donors (Lipinski definition) is 1. The molecule has 0 fully saturated rings. The molecule has 0 spiro atoms. The average Bonchev–Trinajstić information content (AvgIpc) is 3.26. The van der Waals surface area contributed by atoms with Crippen LogP contribution in [0, 0.1) is 0 Å². The molecule has 1 aromatic heterocycles. The summed E-state index contributed by atoms with van der Waals surface area (Å²) in [6.07, 6.45) is 0. The number of carbonyl (C=O) groups is 1. The topological polar surface area (TPSA) is 72.2 Å². The number of hydrogen-bond acceptors (Lipinski definition) is 5. The second-order valence-electron chi connectivity index (χ2n) is 7.02. The van der Waals surface area contributed by atoms with E-state index in [9.17, 15) is 4.79 Å². The molecule has 0 aliphatic carbocycles. The number of halogens is 2. The number of thioether (sulfide) groups is 1. The standard InChI is InChI=1S/C24H19BrClN5OS/c1-16(18-8-5-9-19(25)14-18)27-28-22(32)15-33-24-30-29-23(17-6-3-2-4-7-17)31(24)21-12-10-20(26)11-13-21/h2-14H,15H2,1H3,(H,28,32)/b27-16-. The number of carbonyl (C=O) groups excluding carboxylic acids is 1. The van der Waals surface area contributed by atoms with Gasteiger partial charge in [-0.25, -0.2) is 5.43 Å². The number of rotatable bonds is 7. The van der Waals surface area contributed by atoms with Crippen LogP contribution in [-0.4, -0.2) is 32.1 Å². The van der Waals surface area contributed by atoms with Crippen LogP contribution in [0.4, 0.5) is 0 Å². The van der Waals surface area contributed by atoms with E-state index in [1.807, 2.05) is 90.4 Å². The Morgan fingerprint density at radius 2 is 1.82 bits per heavy atom. The van der Waals surface area contributed by atoms with Crippen LogP contribution in [0.15, 0.2) is 93.6 Å². The van der Waals surface area contributed by atoms with Crippen LogP contribution in [-0.2, 0) is 4.79 Å². The van der Waals surface area contributed by atoms with Crippen molar-refractivity contribution in [2.75, 3.05) is 5.75 Å². The molecule has 1 heterocycles. The molecular weight excluding hydrogens is 522 g/mol. The average molecular weight is 541 g/mol. The van der Waals surface area contributed by atoms with E-state index >= 15 is 0 Å². The maximum absolute atomic E-state index is 12.5. The summed E-state index contributed by atoms with van der Waals surface area (Å²) in [6.45, 7) is 1.85. The van der Waals surface area contributed by atoms with Crippen molar-refractivity contribution in [2.24, 2.45) is 5.10 Å². The van der Waals surface area contributed by atoms with E-state index in [1.165, 1.54) is 11.8 Å². The van der Waals surface area contributed by atoms with Gasteiger partial charge >= 0.3 is 0 Å². The summed E-state index contributed by atoms with van der Waals surface area (Å²) in [5.41, 5.74) is 6.03. The molecule has 1 N–H and O–H groups in total. The van der Waals surface area contributed by atoms with Gasteiger partial charge in [0, 0.05) is 20.7 Å². The lowest BCUT2D eigenvalue weighted by atomic mass is 10.1. The van der Waals surface area contributed by atoms with Gasteiger partial charge in [-0.05, 0) is 48.9 Å². The molecule has 4 aromatic rings. The van der Waals surface area contributed by atoms with E-state index in [4.69, 9.17) is 11.6 Å². The minimum atomic E-state index is -0.235. The quantitative estimate of drug-likeness (QED) is 0.178. The Kier molecular flexibility index (Phi) is 7.59. The highest BCUT2D eigenvalue weighted by Gasteiger charge is 2.17. The first kappa shape index (κ1) is 23.2. The molecule has 4 rings (SSSR count). The highest BCUT2D eigenvalue weighted by molar-refractivity contribution is 9.10. The maximum atomic E-state index is 12.5. The third-order valence-corrected chi connectivity index (χ3v) is 6.35. The molecule has 0 atom stereocenters. The first-order chi connectivity index (χ1) is 16.0. The van der Waals surface area contributed by atoms with Crippen LogP contribution >= 0.6 is 39.3 Å². The van der Waals surface area contributed by atoms with Crippen molar-refractivity contribution in [2.45, 2.75) is 12.1 Å². The molecule has 6 nitrogen and oxygen atoms in total. The van der Waals surface area contributed by atoms with Crippen molar-refractivity contribution in [1.82, 2.24) is 20.2 Å². The Hall–Kier alpha value is -2.94. The van der Waals surface area contributed by atoms with E-state index in [2.05, 4.69) is 36.7 Å². The third-order valence-electron chi connectivity index (χ3n) is 4.67. The number of aromatic nitrogens is 3. The molecule has 33 heavy (non-hydrogen) atoms. The Morgan fingerprint density at radius 1 is 1.06 bits per heavy atom. The molecule has 0 saturated carbocycles. The lowest BCUT2D eigenvalue weighted by Gasteiger charge is -2.10. The van der Waals surface area contributed by atoms with Crippen molar-refractivity contribution < 1.29 is 4.79 Å². The Morgan fingerprint density at radius 3 is 2.55 bits per heavy atom. The van der Waals surface area contributed by atoms with Gasteiger partial charge in [-0.15, -0.1) is 10.2 Å². The third kappa shape index (κ3) is 5.90. The Balaban J connectivity index is 1.52. The second-order valence-corrected chi connectivity index (χ2v) is 9.31. The van der Waals surface area contributed by atoms with Crippen LogP contribution in [0.1, 0.15) is 12.5 Å². The molecule has 1 amide bonds. The van der Waals surface area contributed by atoms with Crippen LogP contribution in [0.25, 0.3) is 17.1 Å². The van der Waals surface area contributed by atoms with Crippen molar-refractivity contribution in [3.05, 3.63) is 93.9 Å². The van der Waals surface area contributed by atoms with Gasteiger partial charge < -0.3 is 0 Å². The van der Waals surface area contributed by atoms with Gasteiger partial charge in [0.25, 0.3) is 5.91 Å². The van der Waals surface area contributed by atoms with Gasteiger partial charge in [0.05, 0.1) is 11.5 Å². The van der Waals surface area contributed by atoms with Gasteiger partial charge in [-0.3, -0.25) is 9.36 Å². The van der Waals surface area contributed by atoms with Crippen molar-refractivity contribution in [3.63, 3.8) is 0 Å². The fourth-order valence-corrected chi connectivity index (χ4v) is 4.32. The van der Waals surface area contributed by atoms with Crippen LogP contribution in [0.2, 0.25) is 5.02 Å². The van der Waals surface area contributed by atoms with Crippen LogP contribution < -0.4 is 5.43 Å². The zero-order valence-electron chi connectivity index (χ0n) is 17.6. The molecule has 3 aromatic carbocycles. The fraction of sp³-hybridized carbons (Fsp3) is 0.0833. The molecular formula is C24H19BrClN5OS. The Labute approximate surface area is 209 Å². The lowest BCUT2D eigenvalue weighted by molar-refractivity contribution is -0.118.